The molecule has 24 heavy (non-hydrogen) atoms. The van der Waals surface area contributed by atoms with Crippen molar-refractivity contribution in [2.45, 2.75) is 13.8 Å². The molecule has 0 heterocycles. The van der Waals surface area contributed by atoms with Crippen molar-refractivity contribution >= 4 is 57.3 Å². The maximum Gasteiger partial charge on any atom is 0.277 e. The fraction of sp³-hybridized carbons (Fsp3) is 0.176. The lowest BCUT2D eigenvalue weighted by atomic mass is 10.1. The molecule has 0 aliphatic carbocycles. The molecule has 2 aromatic carbocycles. The van der Waals surface area contributed by atoms with Crippen LogP contribution in [0, 0.1) is 21.0 Å². The van der Waals surface area contributed by atoms with Gasteiger partial charge in [-0.15, -0.1) is 0 Å². The molecule has 0 unspecified atom stereocenters. The van der Waals surface area contributed by atoms with Crippen molar-refractivity contribution in [1.29, 1.82) is 0 Å². The number of ether oxygens (including phenoxy) is 1. The van der Waals surface area contributed by atoms with Crippen molar-refractivity contribution in [2.75, 3.05) is 6.61 Å². The normalized spacial score (nSPS) is 10.8. The number of aryl methyl sites for hydroxylation is 1. The lowest BCUT2D eigenvalue weighted by Gasteiger charge is -2.09. The van der Waals surface area contributed by atoms with Gasteiger partial charge in [0, 0.05) is 0 Å². The third kappa shape index (κ3) is 5.07. The highest BCUT2D eigenvalue weighted by atomic mass is 127. The van der Waals surface area contributed by atoms with E-state index < -0.39 is 0 Å². The van der Waals surface area contributed by atoms with Gasteiger partial charge in [-0.25, -0.2) is 5.43 Å². The number of carbonyl (C=O) groups excluding carboxylic acids is 1. The number of phenolic OH excluding ortho intramolecular Hbond substituents is 1. The van der Waals surface area contributed by atoms with Crippen molar-refractivity contribution in [1.82, 2.24) is 5.43 Å². The molecule has 2 aromatic rings. The fourth-order valence-corrected chi connectivity index (χ4v) is 3.71. The summed E-state index contributed by atoms with van der Waals surface area (Å²) < 4.78 is 6.97. The minimum atomic E-state index is -0.338. The maximum atomic E-state index is 11.8. The van der Waals surface area contributed by atoms with Gasteiger partial charge >= 0.3 is 0 Å². The molecule has 2 rings (SSSR count). The van der Waals surface area contributed by atoms with E-state index in [2.05, 4.69) is 10.5 Å². The van der Waals surface area contributed by atoms with Gasteiger partial charge in [-0.05, 0) is 93.9 Å². The molecule has 0 spiro atoms. The summed E-state index contributed by atoms with van der Waals surface area (Å²) in [4.78, 5) is 11.8. The summed E-state index contributed by atoms with van der Waals surface area (Å²) in [6, 6.07) is 9.27. The Balaban J connectivity index is 1.90. The van der Waals surface area contributed by atoms with Crippen LogP contribution in [0.2, 0.25) is 0 Å². The Bertz CT molecular complexity index is 768. The van der Waals surface area contributed by atoms with Crippen LogP contribution in [0.25, 0.3) is 0 Å². The molecule has 0 fully saturated rings. The van der Waals surface area contributed by atoms with E-state index in [0.29, 0.717) is 5.75 Å². The van der Waals surface area contributed by atoms with E-state index in [9.17, 15) is 9.90 Å². The van der Waals surface area contributed by atoms with Gasteiger partial charge in [-0.3, -0.25) is 4.79 Å². The topological polar surface area (TPSA) is 70.9 Å². The van der Waals surface area contributed by atoms with Crippen LogP contribution in [0.15, 0.2) is 35.4 Å². The second-order valence-corrected chi connectivity index (χ2v) is 7.44. The molecule has 0 saturated carbocycles. The number of benzene rings is 2. The first kappa shape index (κ1) is 19.0. The number of hydrogen-bond acceptors (Lipinski definition) is 4. The molecule has 5 nitrogen and oxygen atoms in total. The minimum Gasteiger partial charge on any atom is -0.506 e. The molecule has 2 N–H and O–H groups in total. The summed E-state index contributed by atoms with van der Waals surface area (Å²) in [5, 5.41) is 13.6. The third-order valence-electron chi connectivity index (χ3n) is 3.36. The van der Waals surface area contributed by atoms with E-state index in [1.165, 1.54) is 6.21 Å². The van der Waals surface area contributed by atoms with Gasteiger partial charge in [0.05, 0.1) is 13.4 Å². The second-order valence-electron chi connectivity index (χ2n) is 5.11. The van der Waals surface area contributed by atoms with Gasteiger partial charge in [-0.1, -0.05) is 12.1 Å². The zero-order chi connectivity index (χ0) is 17.7. The Kier molecular flexibility index (Phi) is 6.84. The van der Waals surface area contributed by atoms with E-state index >= 15 is 0 Å². The van der Waals surface area contributed by atoms with Gasteiger partial charge < -0.3 is 9.84 Å². The first-order chi connectivity index (χ1) is 11.4. The standard InChI is InChI=1S/C17H16I2N2O3/c1-10-4-3-5-15(11(10)2)24-9-16(22)21-20-8-12-6-13(18)17(23)14(19)7-12/h3-8,23H,9H2,1-2H3,(H,21,22)/b20-8-. The maximum absolute atomic E-state index is 11.8. The Morgan fingerprint density at radius 1 is 1.29 bits per heavy atom. The lowest BCUT2D eigenvalue weighted by molar-refractivity contribution is -0.123. The third-order valence-corrected chi connectivity index (χ3v) is 5.00. The number of amides is 1. The molecular weight excluding hydrogens is 534 g/mol. The number of rotatable bonds is 5. The number of nitrogens with zero attached hydrogens (tertiary/aromatic N) is 1. The number of nitrogens with one attached hydrogen (secondary N) is 1. The van der Waals surface area contributed by atoms with Crippen molar-refractivity contribution in [3.8, 4) is 11.5 Å². The molecule has 1 amide bonds. The number of hydrogen-bond donors (Lipinski definition) is 2. The van der Waals surface area contributed by atoms with Crippen molar-refractivity contribution in [3.63, 3.8) is 0 Å². The number of halogens is 2. The van der Waals surface area contributed by atoms with Gasteiger partial charge in [0.1, 0.15) is 11.5 Å². The predicted molar refractivity (Wildman–Crippen MR) is 111 cm³/mol. The van der Waals surface area contributed by atoms with E-state index in [-0.39, 0.29) is 18.3 Å². The molecule has 7 heteroatoms. The SMILES string of the molecule is Cc1cccc(OCC(=O)N/N=C\c2cc(I)c(O)c(I)c2)c1C. The highest BCUT2D eigenvalue weighted by Crippen LogP contribution is 2.26. The van der Waals surface area contributed by atoms with E-state index in [4.69, 9.17) is 4.74 Å². The quantitative estimate of drug-likeness (QED) is 0.339. The minimum absolute atomic E-state index is 0.105. The molecule has 126 valence electrons. The zero-order valence-electron chi connectivity index (χ0n) is 13.1. The predicted octanol–water partition coefficient (Wildman–Crippen LogP) is 3.75. The number of hydrazone groups is 1. The van der Waals surface area contributed by atoms with E-state index in [1.807, 2.05) is 77.2 Å². The summed E-state index contributed by atoms with van der Waals surface area (Å²) in [5.74, 6) is 0.603. The Labute approximate surface area is 167 Å². The van der Waals surface area contributed by atoms with Crippen LogP contribution in [0.1, 0.15) is 16.7 Å². The highest BCUT2D eigenvalue weighted by Gasteiger charge is 2.06. The van der Waals surface area contributed by atoms with Gasteiger partial charge in [0.25, 0.3) is 5.91 Å². The Morgan fingerprint density at radius 3 is 2.62 bits per heavy atom. The van der Waals surface area contributed by atoms with Crippen molar-refractivity contribution < 1.29 is 14.6 Å². The fourth-order valence-electron chi connectivity index (χ4n) is 1.89. The van der Waals surface area contributed by atoms with Crippen LogP contribution in [0.3, 0.4) is 0 Å². The van der Waals surface area contributed by atoms with Crippen LogP contribution in [0.5, 0.6) is 11.5 Å². The highest BCUT2D eigenvalue weighted by molar-refractivity contribution is 14.1. The Morgan fingerprint density at radius 2 is 1.96 bits per heavy atom. The van der Waals surface area contributed by atoms with E-state index in [0.717, 1.165) is 23.8 Å². The smallest absolute Gasteiger partial charge is 0.277 e. The van der Waals surface area contributed by atoms with Gasteiger partial charge in [0.15, 0.2) is 6.61 Å². The van der Waals surface area contributed by atoms with Crippen LogP contribution >= 0.6 is 45.2 Å². The Hall–Kier alpha value is -1.36. The van der Waals surface area contributed by atoms with Crippen LogP contribution < -0.4 is 10.2 Å². The van der Waals surface area contributed by atoms with E-state index in [1.54, 1.807) is 12.1 Å². The first-order valence-electron chi connectivity index (χ1n) is 7.07. The zero-order valence-corrected chi connectivity index (χ0v) is 17.5. The largest absolute Gasteiger partial charge is 0.506 e. The molecule has 0 aliphatic rings. The molecule has 0 aromatic heterocycles. The molecule has 0 saturated heterocycles. The molecule has 0 aliphatic heterocycles. The molecule has 0 atom stereocenters. The first-order valence-corrected chi connectivity index (χ1v) is 9.23. The number of carbonyl (C=O) groups is 1. The van der Waals surface area contributed by atoms with Crippen LogP contribution in [0.4, 0.5) is 0 Å². The average Bonchev–Trinajstić information content (AvgIpc) is 2.54. The molecular formula is C17H16I2N2O3. The van der Waals surface area contributed by atoms with Gasteiger partial charge in [-0.2, -0.15) is 5.10 Å². The summed E-state index contributed by atoms with van der Waals surface area (Å²) in [5.41, 5.74) is 5.35. The van der Waals surface area contributed by atoms with Gasteiger partial charge in [0.2, 0.25) is 0 Å². The molecule has 0 radical (unpaired) electrons. The average molecular weight is 550 g/mol. The number of phenols is 1. The van der Waals surface area contributed by atoms with Crippen molar-refractivity contribution in [3.05, 3.63) is 54.2 Å². The number of aromatic hydroxyl groups is 1. The molecule has 0 bridgehead atoms. The summed E-state index contributed by atoms with van der Waals surface area (Å²) in [6.45, 7) is 3.84. The lowest BCUT2D eigenvalue weighted by Crippen LogP contribution is -2.24. The van der Waals surface area contributed by atoms with Crippen LogP contribution in [-0.2, 0) is 4.79 Å². The van der Waals surface area contributed by atoms with Crippen molar-refractivity contribution in [2.24, 2.45) is 5.10 Å². The second kappa shape index (κ2) is 8.65. The summed E-state index contributed by atoms with van der Waals surface area (Å²) >= 11 is 4.08. The summed E-state index contributed by atoms with van der Waals surface area (Å²) in [7, 11) is 0. The summed E-state index contributed by atoms with van der Waals surface area (Å²) in [6.07, 6.45) is 1.53. The van der Waals surface area contributed by atoms with Crippen LogP contribution in [-0.4, -0.2) is 23.8 Å². The monoisotopic (exact) mass is 550 g/mol.